The van der Waals surface area contributed by atoms with Gasteiger partial charge in [0.2, 0.25) is 5.91 Å². The van der Waals surface area contributed by atoms with Crippen LogP contribution in [-0.4, -0.2) is 46.4 Å². The number of fused-ring (bicyclic) bond motifs is 1. The highest BCUT2D eigenvalue weighted by atomic mass is 16.5. The molecule has 1 N–H and O–H groups in total. The van der Waals surface area contributed by atoms with E-state index in [1.807, 2.05) is 0 Å². The quantitative estimate of drug-likeness (QED) is 0.808. The van der Waals surface area contributed by atoms with E-state index in [1.165, 1.54) is 14.0 Å². The number of carbonyl (C=O) groups excluding carboxylic acids is 3. The van der Waals surface area contributed by atoms with Crippen LogP contribution in [0.3, 0.4) is 0 Å². The van der Waals surface area contributed by atoms with E-state index in [1.54, 1.807) is 4.90 Å². The predicted octanol–water partition coefficient (Wildman–Crippen LogP) is 0.450. The maximum Gasteiger partial charge on any atom is 0.358 e. The Labute approximate surface area is 116 Å². The van der Waals surface area contributed by atoms with Crippen molar-refractivity contribution in [2.24, 2.45) is 0 Å². The molecule has 7 nitrogen and oxygen atoms in total. The molecule has 0 bridgehead atoms. The minimum absolute atomic E-state index is 0.00515. The third-order valence-corrected chi connectivity index (χ3v) is 3.36. The van der Waals surface area contributed by atoms with E-state index in [0.717, 1.165) is 11.3 Å². The number of aromatic amines is 1. The lowest BCUT2D eigenvalue weighted by atomic mass is 10.0. The standard InChI is InChI=1S/C13H17N3O4/c1-8(17)3-4-11(18)16-6-5-9-10(7-16)14-15-12(9)13(19)20-2/h3-7H2,1-2H3,(H,14,15). The number of amides is 1. The fraction of sp³-hybridized carbons (Fsp3) is 0.538. The van der Waals surface area contributed by atoms with Crippen molar-refractivity contribution in [3.63, 3.8) is 0 Å². The number of nitrogens with one attached hydrogen (secondary N) is 1. The zero-order valence-corrected chi connectivity index (χ0v) is 11.6. The molecule has 0 unspecified atom stereocenters. The normalized spacial score (nSPS) is 13.8. The fourth-order valence-electron chi connectivity index (χ4n) is 2.24. The summed E-state index contributed by atoms with van der Waals surface area (Å²) >= 11 is 0. The highest BCUT2D eigenvalue weighted by Crippen LogP contribution is 2.21. The Morgan fingerprint density at radius 1 is 1.35 bits per heavy atom. The molecule has 20 heavy (non-hydrogen) atoms. The molecule has 0 atom stereocenters. The van der Waals surface area contributed by atoms with Crippen LogP contribution in [0.2, 0.25) is 0 Å². The van der Waals surface area contributed by atoms with Crippen molar-refractivity contribution in [2.45, 2.75) is 32.7 Å². The highest BCUT2D eigenvalue weighted by Gasteiger charge is 2.27. The summed E-state index contributed by atoms with van der Waals surface area (Å²) in [5.74, 6) is -0.524. The molecule has 1 amide bonds. The number of nitrogens with zero attached hydrogens (tertiary/aromatic N) is 2. The SMILES string of the molecule is COC(=O)c1n[nH]c2c1CCN(C(=O)CCC(C)=O)C2. The van der Waals surface area contributed by atoms with Gasteiger partial charge in [0, 0.05) is 24.9 Å². The van der Waals surface area contributed by atoms with Gasteiger partial charge in [0.05, 0.1) is 19.3 Å². The first-order chi connectivity index (χ1) is 9.52. The van der Waals surface area contributed by atoms with Crippen LogP contribution < -0.4 is 0 Å². The van der Waals surface area contributed by atoms with Crippen LogP contribution in [0.25, 0.3) is 0 Å². The molecule has 0 aliphatic carbocycles. The van der Waals surface area contributed by atoms with Crippen molar-refractivity contribution in [3.8, 4) is 0 Å². The zero-order valence-electron chi connectivity index (χ0n) is 11.6. The first-order valence-corrected chi connectivity index (χ1v) is 6.44. The van der Waals surface area contributed by atoms with Gasteiger partial charge in [-0.15, -0.1) is 0 Å². The minimum Gasteiger partial charge on any atom is -0.464 e. The van der Waals surface area contributed by atoms with Crippen molar-refractivity contribution in [2.75, 3.05) is 13.7 Å². The fourth-order valence-corrected chi connectivity index (χ4v) is 2.24. The lowest BCUT2D eigenvalue weighted by Gasteiger charge is -2.26. The summed E-state index contributed by atoms with van der Waals surface area (Å²) in [6.45, 7) is 2.38. The summed E-state index contributed by atoms with van der Waals surface area (Å²) in [5, 5.41) is 6.72. The predicted molar refractivity (Wildman–Crippen MR) is 69.0 cm³/mol. The van der Waals surface area contributed by atoms with Crippen molar-refractivity contribution in [1.82, 2.24) is 15.1 Å². The number of methoxy groups -OCH3 is 1. The van der Waals surface area contributed by atoms with Gasteiger partial charge in [0.25, 0.3) is 0 Å². The Morgan fingerprint density at radius 3 is 2.75 bits per heavy atom. The number of esters is 1. The summed E-state index contributed by atoms with van der Waals surface area (Å²) in [4.78, 5) is 36.0. The molecular formula is C13H17N3O4. The van der Waals surface area contributed by atoms with Gasteiger partial charge >= 0.3 is 5.97 Å². The van der Waals surface area contributed by atoms with Crippen LogP contribution in [-0.2, 0) is 27.3 Å². The van der Waals surface area contributed by atoms with E-state index in [4.69, 9.17) is 0 Å². The van der Waals surface area contributed by atoms with Crippen LogP contribution in [0.5, 0.6) is 0 Å². The summed E-state index contributed by atoms with van der Waals surface area (Å²) in [5.41, 5.74) is 1.86. The maximum atomic E-state index is 12.0. The van der Waals surface area contributed by atoms with E-state index in [-0.39, 0.29) is 24.5 Å². The van der Waals surface area contributed by atoms with Crippen LogP contribution in [0.15, 0.2) is 0 Å². The summed E-state index contributed by atoms with van der Waals surface area (Å²) in [6.07, 6.45) is 1.04. The molecule has 0 aromatic carbocycles. The molecule has 0 spiro atoms. The van der Waals surface area contributed by atoms with E-state index in [0.29, 0.717) is 25.2 Å². The Bertz CT molecular complexity index is 550. The third kappa shape index (κ3) is 2.87. The third-order valence-electron chi connectivity index (χ3n) is 3.36. The number of H-pyrrole nitrogens is 1. The number of aromatic nitrogens is 2. The van der Waals surface area contributed by atoms with Gasteiger partial charge in [-0.1, -0.05) is 0 Å². The highest BCUT2D eigenvalue weighted by molar-refractivity contribution is 5.89. The number of hydrogen-bond donors (Lipinski definition) is 1. The molecule has 0 saturated carbocycles. The van der Waals surface area contributed by atoms with Gasteiger partial charge < -0.3 is 14.4 Å². The smallest absolute Gasteiger partial charge is 0.358 e. The second-order valence-electron chi connectivity index (χ2n) is 4.79. The molecule has 2 rings (SSSR count). The molecule has 1 aromatic rings. The van der Waals surface area contributed by atoms with Crippen LogP contribution in [0.4, 0.5) is 0 Å². The number of carbonyl (C=O) groups is 3. The molecule has 0 fully saturated rings. The Balaban J connectivity index is 2.05. The number of Topliss-reactive ketones (excluding diaryl/α,β-unsaturated/α-hetero) is 1. The van der Waals surface area contributed by atoms with Crippen molar-refractivity contribution < 1.29 is 19.1 Å². The number of ketones is 1. The molecule has 1 aliphatic heterocycles. The number of hydrogen-bond acceptors (Lipinski definition) is 5. The molecule has 108 valence electrons. The van der Waals surface area contributed by atoms with Crippen LogP contribution in [0, 0.1) is 0 Å². The van der Waals surface area contributed by atoms with Gasteiger partial charge in [0.1, 0.15) is 5.78 Å². The molecule has 2 heterocycles. The van der Waals surface area contributed by atoms with E-state index >= 15 is 0 Å². The molecule has 1 aliphatic rings. The topological polar surface area (TPSA) is 92.4 Å². The minimum atomic E-state index is -0.473. The summed E-state index contributed by atoms with van der Waals surface area (Å²) in [7, 11) is 1.31. The second-order valence-corrected chi connectivity index (χ2v) is 4.79. The largest absolute Gasteiger partial charge is 0.464 e. The van der Waals surface area contributed by atoms with Gasteiger partial charge in [-0.05, 0) is 13.3 Å². The maximum absolute atomic E-state index is 12.0. The Morgan fingerprint density at radius 2 is 2.10 bits per heavy atom. The van der Waals surface area contributed by atoms with Crippen molar-refractivity contribution in [3.05, 3.63) is 17.0 Å². The van der Waals surface area contributed by atoms with Crippen molar-refractivity contribution >= 4 is 17.7 Å². The Kier molecular flexibility index (Phi) is 4.16. The van der Waals surface area contributed by atoms with Gasteiger partial charge in [0.15, 0.2) is 5.69 Å². The Hall–Kier alpha value is -2.18. The first kappa shape index (κ1) is 14.2. The average molecular weight is 279 g/mol. The number of rotatable bonds is 4. The second kappa shape index (κ2) is 5.85. The average Bonchev–Trinajstić information content (AvgIpc) is 2.86. The monoisotopic (exact) mass is 279 g/mol. The molecule has 1 aromatic heterocycles. The summed E-state index contributed by atoms with van der Waals surface area (Å²) in [6, 6.07) is 0. The van der Waals surface area contributed by atoms with Crippen LogP contribution >= 0.6 is 0 Å². The molecular weight excluding hydrogens is 262 g/mol. The summed E-state index contributed by atoms with van der Waals surface area (Å²) < 4.78 is 4.66. The van der Waals surface area contributed by atoms with Crippen molar-refractivity contribution in [1.29, 1.82) is 0 Å². The lowest BCUT2D eigenvalue weighted by Crippen LogP contribution is -2.36. The number of ether oxygens (including phenoxy) is 1. The van der Waals surface area contributed by atoms with Gasteiger partial charge in [-0.3, -0.25) is 9.89 Å². The molecule has 7 heteroatoms. The van der Waals surface area contributed by atoms with E-state index in [2.05, 4.69) is 14.9 Å². The van der Waals surface area contributed by atoms with E-state index in [9.17, 15) is 14.4 Å². The lowest BCUT2D eigenvalue weighted by molar-refractivity contribution is -0.133. The first-order valence-electron chi connectivity index (χ1n) is 6.44. The van der Waals surface area contributed by atoms with Crippen LogP contribution in [0.1, 0.15) is 41.5 Å². The molecule has 0 saturated heterocycles. The zero-order chi connectivity index (χ0) is 14.7. The molecule has 0 radical (unpaired) electrons. The van der Waals surface area contributed by atoms with Gasteiger partial charge in [-0.2, -0.15) is 5.10 Å². The van der Waals surface area contributed by atoms with E-state index < -0.39 is 5.97 Å². The van der Waals surface area contributed by atoms with Gasteiger partial charge in [-0.25, -0.2) is 4.79 Å².